The molecule has 0 saturated carbocycles. The fourth-order valence-corrected chi connectivity index (χ4v) is 0.929. The van der Waals surface area contributed by atoms with E-state index in [1.807, 2.05) is 18.2 Å². The van der Waals surface area contributed by atoms with Crippen LogP contribution in [0.1, 0.15) is 13.3 Å². The Labute approximate surface area is 93.8 Å². The quantitative estimate of drug-likeness (QED) is 0.734. The van der Waals surface area contributed by atoms with Crippen molar-refractivity contribution in [3.8, 4) is 5.75 Å². The summed E-state index contributed by atoms with van der Waals surface area (Å²) in [4.78, 5) is 22.0. The van der Waals surface area contributed by atoms with Crippen LogP contribution in [0.4, 0.5) is 0 Å². The van der Waals surface area contributed by atoms with Crippen LogP contribution in [0.2, 0.25) is 0 Å². The van der Waals surface area contributed by atoms with Gasteiger partial charge in [0.25, 0.3) is 5.91 Å². The van der Waals surface area contributed by atoms with E-state index in [0.717, 1.165) is 0 Å². The van der Waals surface area contributed by atoms with Crippen LogP contribution in [0.25, 0.3) is 0 Å². The van der Waals surface area contributed by atoms with Crippen molar-refractivity contribution in [2.24, 2.45) is 0 Å². The van der Waals surface area contributed by atoms with Gasteiger partial charge in [-0.3, -0.25) is 20.4 Å². The Morgan fingerprint density at radius 3 is 2.38 bits per heavy atom. The first kappa shape index (κ1) is 12.0. The van der Waals surface area contributed by atoms with E-state index in [0.29, 0.717) is 12.2 Å². The van der Waals surface area contributed by atoms with Gasteiger partial charge in [0.05, 0.1) is 0 Å². The topological polar surface area (TPSA) is 67.4 Å². The lowest BCUT2D eigenvalue weighted by molar-refractivity contribution is -0.129. The van der Waals surface area contributed by atoms with Gasteiger partial charge in [0.2, 0.25) is 5.91 Å². The Hall–Kier alpha value is -2.04. The van der Waals surface area contributed by atoms with E-state index >= 15 is 0 Å². The van der Waals surface area contributed by atoms with Gasteiger partial charge in [-0.1, -0.05) is 25.1 Å². The lowest BCUT2D eigenvalue weighted by Crippen LogP contribution is -2.43. The molecule has 0 heterocycles. The first-order chi connectivity index (χ1) is 7.72. The highest BCUT2D eigenvalue weighted by Crippen LogP contribution is 2.07. The number of nitrogens with one attached hydrogen (secondary N) is 2. The summed E-state index contributed by atoms with van der Waals surface area (Å²) in [6.45, 7) is 1.57. The zero-order valence-electron chi connectivity index (χ0n) is 9.03. The molecule has 0 aromatic heterocycles. The van der Waals surface area contributed by atoms with Crippen LogP contribution >= 0.6 is 0 Å². The maximum atomic E-state index is 11.2. The largest absolute Gasteiger partial charge is 0.484 e. The SMILES string of the molecule is CCC(=O)NNC(=O)COc1ccccc1. The normalized spacial score (nSPS) is 9.31. The maximum absolute atomic E-state index is 11.2. The molecule has 0 saturated heterocycles. The van der Waals surface area contributed by atoms with Gasteiger partial charge in [-0.15, -0.1) is 0 Å². The van der Waals surface area contributed by atoms with Gasteiger partial charge in [0, 0.05) is 6.42 Å². The van der Waals surface area contributed by atoms with Crippen molar-refractivity contribution in [1.82, 2.24) is 10.9 Å². The predicted octanol–water partition coefficient (Wildman–Crippen LogP) is 0.623. The van der Waals surface area contributed by atoms with Crippen molar-refractivity contribution in [2.75, 3.05) is 6.61 Å². The molecule has 2 N–H and O–H groups in total. The van der Waals surface area contributed by atoms with E-state index in [2.05, 4.69) is 10.9 Å². The van der Waals surface area contributed by atoms with E-state index in [1.54, 1.807) is 19.1 Å². The number of ether oxygens (including phenoxy) is 1. The van der Waals surface area contributed by atoms with Crippen molar-refractivity contribution in [2.45, 2.75) is 13.3 Å². The van der Waals surface area contributed by atoms with Gasteiger partial charge in [0.1, 0.15) is 5.75 Å². The molecule has 5 nitrogen and oxygen atoms in total. The van der Waals surface area contributed by atoms with Crippen molar-refractivity contribution in [3.63, 3.8) is 0 Å². The number of amides is 2. The van der Waals surface area contributed by atoms with E-state index < -0.39 is 5.91 Å². The number of carbonyl (C=O) groups excluding carboxylic acids is 2. The third-order valence-electron chi connectivity index (χ3n) is 1.78. The van der Waals surface area contributed by atoms with Crippen LogP contribution in [-0.4, -0.2) is 18.4 Å². The average Bonchev–Trinajstić information content (AvgIpc) is 2.34. The third kappa shape index (κ3) is 4.45. The molecule has 0 bridgehead atoms. The standard InChI is InChI=1S/C11H14N2O3/c1-2-10(14)12-13-11(15)8-16-9-6-4-3-5-7-9/h3-7H,2,8H2,1H3,(H,12,14)(H,13,15). The molecular weight excluding hydrogens is 208 g/mol. The van der Waals surface area contributed by atoms with Crippen LogP contribution in [0.3, 0.4) is 0 Å². The second-order valence-electron chi connectivity index (χ2n) is 3.05. The molecule has 5 heteroatoms. The summed E-state index contributed by atoms with van der Waals surface area (Å²) in [6, 6.07) is 8.97. The minimum atomic E-state index is -0.398. The molecule has 1 aromatic carbocycles. The molecule has 2 amide bonds. The zero-order valence-corrected chi connectivity index (χ0v) is 9.03. The van der Waals surface area contributed by atoms with E-state index in [9.17, 15) is 9.59 Å². The highest BCUT2D eigenvalue weighted by atomic mass is 16.5. The lowest BCUT2D eigenvalue weighted by atomic mass is 10.3. The molecule has 0 aliphatic heterocycles. The maximum Gasteiger partial charge on any atom is 0.276 e. The van der Waals surface area contributed by atoms with Crippen LogP contribution in [0.5, 0.6) is 5.75 Å². The van der Waals surface area contributed by atoms with Crippen LogP contribution in [-0.2, 0) is 9.59 Å². The summed E-state index contributed by atoms with van der Waals surface area (Å²) < 4.78 is 5.17. The average molecular weight is 222 g/mol. The van der Waals surface area contributed by atoms with Gasteiger partial charge in [0.15, 0.2) is 6.61 Å². The molecule has 1 rings (SSSR count). The highest BCUT2D eigenvalue weighted by molar-refractivity contribution is 5.82. The van der Waals surface area contributed by atoms with Crippen molar-refractivity contribution >= 4 is 11.8 Å². The first-order valence-electron chi connectivity index (χ1n) is 4.98. The number of benzene rings is 1. The second kappa shape index (κ2) is 6.44. The Bertz CT molecular complexity index is 352. The number of rotatable bonds is 4. The molecule has 86 valence electrons. The number of hydrazine groups is 1. The fraction of sp³-hybridized carbons (Fsp3) is 0.273. The van der Waals surface area contributed by atoms with Crippen LogP contribution in [0, 0.1) is 0 Å². The molecule has 0 atom stereocenters. The summed E-state index contributed by atoms with van der Waals surface area (Å²) >= 11 is 0. The summed E-state index contributed by atoms with van der Waals surface area (Å²) in [5.41, 5.74) is 4.49. The van der Waals surface area contributed by atoms with Gasteiger partial charge >= 0.3 is 0 Å². The Kier molecular flexibility index (Phi) is 4.85. The Morgan fingerprint density at radius 1 is 1.12 bits per heavy atom. The predicted molar refractivity (Wildman–Crippen MR) is 58.5 cm³/mol. The molecule has 0 aliphatic rings. The number of hydrogen-bond donors (Lipinski definition) is 2. The smallest absolute Gasteiger partial charge is 0.276 e. The summed E-state index contributed by atoms with van der Waals surface area (Å²) in [6.07, 6.45) is 0.319. The van der Waals surface area contributed by atoms with Crippen LogP contribution < -0.4 is 15.6 Å². The summed E-state index contributed by atoms with van der Waals surface area (Å²) in [5, 5.41) is 0. The number of carbonyl (C=O) groups is 2. The van der Waals surface area contributed by atoms with E-state index in [1.165, 1.54) is 0 Å². The van der Waals surface area contributed by atoms with Gasteiger partial charge < -0.3 is 4.74 Å². The molecule has 0 radical (unpaired) electrons. The van der Waals surface area contributed by atoms with Gasteiger partial charge in [-0.25, -0.2) is 0 Å². The van der Waals surface area contributed by atoms with Crippen molar-refractivity contribution < 1.29 is 14.3 Å². The van der Waals surface area contributed by atoms with Crippen molar-refractivity contribution in [3.05, 3.63) is 30.3 Å². The molecule has 0 aliphatic carbocycles. The summed E-state index contributed by atoms with van der Waals surface area (Å²) in [5.74, 6) is -0.0295. The zero-order chi connectivity index (χ0) is 11.8. The van der Waals surface area contributed by atoms with E-state index in [4.69, 9.17) is 4.74 Å². The minimum absolute atomic E-state index is 0.131. The molecular formula is C11H14N2O3. The number of hydrogen-bond acceptors (Lipinski definition) is 3. The van der Waals surface area contributed by atoms with Gasteiger partial charge in [-0.2, -0.15) is 0 Å². The molecule has 0 spiro atoms. The molecule has 0 fully saturated rings. The number of para-hydroxylation sites is 1. The molecule has 0 unspecified atom stereocenters. The second-order valence-corrected chi connectivity index (χ2v) is 3.05. The highest BCUT2D eigenvalue weighted by Gasteiger charge is 2.03. The lowest BCUT2D eigenvalue weighted by Gasteiger charge is -2.07. The summed E-state index contributed by atoms with van der Waals surface area (Å²) in [7, 11) is 0. The van der Waals surface area contributed by atoms with Crippen LogP contribution in [0.15, 0.2) is 30.3 Å². The van der Waals surface area contributed by atoms with Gasteiger partial charge in [-0.05, 0) is 12.1 Å². The molecule has 16 heavy (non-hydrogen) atoms. The minimum Gasteiger partial charge on any atom is -0.484 e. The molecule has 1 aromatic rings. The monoisotopic (exact) mass is 222 g/mol. The Balaban J connectivity index is 2.23. The third-order valence-corrected chi connectivity index (χ3v) is 1.78. The first-order valence-corrected chi connectivity index (χ1v) is 4.98. The van der Waals surface area contributed by atoms with E-state index in [-0.39, 0.29) is 12.5 Å². The fourth-order valence-electron chi connectivity index (χ4n) is 0.929. The Morgan fingerprint density at radius 2 is 1.75 bits per heavy atom. The van der Waals surface area contributed by atoms with Crippen molar-refractivity contribution in [1.29, 1.82) is 0 Å².